The third-order valence-electron chi connectivity index (χ3n) is 2.86. The monoisotopic (exact) mass is 199 g/mol. The summed E-state index contributed by atoms with van der Waals surface area (Å²) in [5.74, 6) is 0.799. The van der Waals surface area contributed by atoms with Gasteiger partial charge in [-0.15, -0.1) is 0 Å². The Balaban J connectivity index is 4.06. The lowest BCUT2D eigenvalue weighted by Crippen LogP contribution is -2.37. The first-order valence-electron chi connectivity index (χ1n) is 6.39. The molecule has 0 radical (unpaired) electrons. The Hall–Kier alpha value is -0.0400. The minimum Gasteiger partial charge on any atom is -0.300 e. The van der Waals surface area contributed by atoms with Crippen molar-refractivity contribution in [3.8, 4) is 0 Å². The molecule has 86 valence electrons. The van der Waals surface area contributed by atoms with Gasteiger partial charge in [-0.2, -0.15) is 0 Å². The molecular formula is C13H29N. The molecule has 0 spiro atoms. The van der Waals surface area contributed by atoms with E-state index in [9.17, 15) is 0 Å². The molecule has 0 aromatic heterocycles. The summed E-state index contributed by atoms with van der Waals surface area (Å²) in [6.07, 6.45) is 5.26. The van der Waals surface area contributed by atoms with Crippen LogP contribution in [0.15, 0.2) is 0 Å². The molecule has 0 unspecified atom stereocenters. The molecule has 0 heterocycles. The van der Waals surface area contributed by atoms with Crippen molar-refractivity contribution >= 4 is 0 Å². The molecule has 0 amide bonds. The van der Waals surface area contributed by atoms with Crippen molar-refractivity contribution in [3.63, 3.8) is 0 Å². The van der Waals surface area contributed by atoms with Crippen LogP contribution in [0.5, 0.6) is 0 Å². The Labute approximate surface area is 90.9 Å². The number of rotatable bonds is 8. The van der Waals surface area contributed by atoms with Crippen LogP contribution in [0.2, 0.25) is 0 Å². The van der Waals surface area contributed by atoms with E-state index in [1.54, 1.807) is 0 Å². The average molecular weight is 199 g/mol. The molecule has 14 heavy (non-hydrogen) atoms. The molecule has 1 heteroatoms. The van der Waals surface area contributed by atoms with Crippen molar-refractivity contribution in [2.24, 2.45) is 5.92 Å². The van der Waals surface area contributed by atoms with Crippen molar-refractivity contribution in [1.29, 1.82) is 0 Å². The van der Waals surface area contributed by atoms with Crippen molar-refractivity contribution in [2.75, 3.05) is 13.1 Å². The van der Waals surface area contributed by atoms with Crippen molar-refractivity contribution < 1.29 is 0 Å². The van der Waals surface area contributed by atoms with Crippen molar-refractivity contribution in [1.82, 2.24) is 4.90 Å². The van der Waals surface area contributed by atoms with Gasteiger partial charge in [0.2, 0.25) is 0 Å². The molecule has 0 saturated heterocycles. The molecule has 0 bridgehead atoms. The quantitative estimate of drug-likeness (QED) is 0.572. The van der Waals surface area contributed by atoms with Crippen molar-refractivity contribution in [3.05, 3.63) is 0 Å². The fourth-order valence-corrected chi connectivity index (χ4v) is 2.06. The minimum atomic E-state index is 0.799. The van der Waals surface area contributed by atoms with Gasteiger partial charge in [0, 0.05) is 12.6 Å². The Morgan fingerprint density at radius 2 is 1.57 bits per heavy atom. The normalized spacial score (nSPS) is 12.0. The summed E-state index contributed by atoms with van der Waals surface area (Å²) in [6, 6.07) is 0.809. The van der Waals surface area contributed by atoms with E-state index in [2.05, 4.69) is 39.5 Å². The Morgan fingerprint density at radius 1 is 1.00 bits per heavy atom. The highest BCUT2D eigenvalue weighted by molar-refractivity contribution is 4.70. The van der Waals surface area contributed by atoms with Crippen LogP contribution >= 0.6 is 0 Å². The lowest BCUT2D eigenvalue weighted by molar-refractivity contribution is 0.163. The van der Waals surface area contributed by atoms with Gasteiger partial charge in [0.15, 0.2) is 0 Å². The topological polar surface area (TPSA) is 3.24 Å². The van der Waals surface area contributed by atoms with Gasteiger partial charge in [0.25, 0.3) is 0 Å². The molecule has 0 fully saturated rings. The summed E-state index contributed by atoms with van der Waals surface area (Å²) in [5, 5.41) is 0. The third-order valence-corrected chi connectivity index (χ3v) is 2.86. The largest absolute Gasteiger partial charge is 0.300 e. The predicted molar refractivity (Wildman–Crippen MR) is 65.7 cm³/mol. The summed E-state index contributed by atoms with van der Waals surface area (Å²) in [7, 11) is 0. The van der Waals surface area contributed by atoms with Crippen LogP contribution in [0.3, 0.4) is 0 Å². The maximum absolute atomic E-state index is 2.69. The van der Waals surface area contributed by atoms with Crippen LogP contribution in [0, 0.1) is 5.92 Å². The fourth-order valence-electron chi connectivity index (χ4n) is 2.06. The molecule has 1 nitrogen and oxygen atoms in total. The molecule has 0 aliphatic rings. The van der Waals surface area contributed by atoms with E-state index >= 15 is 0 Å². The maximum Gasteiger partial charge on any atom is 0.00901 e. The van der Waals surface area contributed by atoms with Gasteiger partial charge in [0.1, 0.15) is 0 Å². The zero-order valence-electron chi connectivity index (χ0n) is 10.8. The molecule has 0 atom stereocenters. The highest BCUT2D eigenvalue weighted by atomic mass is 15.1. The Morgan fingerprint density at radius 3 is 1.93 bits per heavy atom. The number of hydrogen-bond acceptors (Lipinski definition) is 1. The van der Waals surface area contributed by atoms with Crippen LogP contribution in [-0.4, -0.2) is 24.0 Å². The smallest absolute Gasteiger partial charge is 0.00901 e. The standard InChI is InChI=1S/C13H29N/c1-6-9-10-14(11-12(4)5)13(7-2)8-3/h12-13H,6-11H2,1-5H3. The SMILES string of the molecule is CCCCN(CC(C)C)C(CC)CC. The van der Waals surface area contributed by atoms with Gasteiger partial charge in [-0.1, -0.05) is 41.0 Å². The molecular weight excluding hydrogens is 170 g/mol. The second-order valence-electron chi connectivity index (χ2n) is 4.71. The molecule has 0 saturated carbocycles. The minimum absolute atomic E-state index is 0.799. The molecule has 0 aliphatic carbocycles. The van der Waals surface area contributed by atoms with Crippen LogP contribution in [0.1, 0.15) is 60.3 Å². The summed E-state index contributed by atoms with van der Waals surface area (Å²) < 4.78 is 0. The van der Waals surface area contributed by atoms with Crippen LogP contribution < -0.4 is 0 Å². The lowest BCUT2D eigenvalue weighted by atomic mass is 10.1. The first kappa shape index (κ1) is 14.0. The Kier molecular flexibility index (Phi) is 8.26. The van der Waals surface area contributed by atoms with Gasteiger partial charge in [-0.3, -0.25) is 0 Å². The van der Waals surface area contributed by atoms with Gasteiger partial charge < -0.3 is 4.90 Å². The van der Waals surface area contributed by atoms with Gasteiger partial charge in [-0.05, 0) is 31.7 Å². The van der Waals surface area contributed by atoms with Gasteiger partial charge >= 0.3 is 0 Å². The van der Waals surface area contributed by atoms with E-state index in [4.69, 9.17) is 0 Å². The highest BCUT2D eigenvalue weighted by Crippen LogP contribution is 2.12. The van der Waals surface area contributed by atoms with E-state index < -0.39 is 0 Å². The molecule has 0 aromatic carbocycles. The third kappa shape index (κ3) is 5.64. The van der Waals surface area contributed by atoms with Crippen LogP contribution in [0.4, 0.5) is 0 Å². The summed E-state index contributed by atoms with van der Waals surface area (Å²) >= 11 is 0. The van der Waals surface area contributed by atoms with E-state index in [1.165, 1.54) is 38.8 Å². The Bertz CT molecular complexity index is 116. The first-order chi connectivity index (χ1) is 6.65. The first-order valence-corrected chi connectivity index (χ1v) is 6.39. The number of nitrogens with zero attached hydrogens (tertiary/aromatic N) is 1. The highest BCUT2D eigenvalue weighted by Gasteiger charge is 2.14. The summed E-state index contributed by atoms with van der Waals surface area (Å²) in [4.78, 5) is 2.69. The molecule has 0 aromatic rings. The van der Waals surface area contributed by atoms with Crippen LogP contribution in [0.25, 0.3) is 0 Å². The van der Waals surface area contributed by atoms with Gasteiger partial charge in [-0.25, -0.2) is 0 Å². The van der Waals surface area contributed by atoms with E-state index in [1.807, 2.05) is 0 Å². The lowest BCUT2D eigenvalue weighted by Gasteiger charge is -2.31. The van der Waals surface area contributed by atoms with Crippen molar-refractivity contribution in [2.45, 2.75) is 66.3 Å². The summed E-state index contributed by atoms with van der Waals surface area (Å²) in [5.41, 5.74) is 0. The second kappa shape index (κ2) is 8.28. The molecule has 0 N–H and O–H groups in total. The van der Waals surface area contributed by atoms with Gasteiger partial charge in [0.05, 0.1) is 0 Å². The zero-order chi connectivity index (χ0) is 11.0. The van der Waals surface area contributed by atoms with E-state index in [0.717, 1.165) is 12.0 Å². The molecule has 0 aliphatic heterocycles. The molecule has 0 rings (SSSR count). The van der Waals surface area contributed by atoms with Crippen LogP contribution in [-0.2, 0) is 0 Å². The summed E-state index contributed by atoms with van der Waals surface area (Å²) in [6.45, 7) is 14.1. The van der Waals surface area contributed by atoms with E-state index in [-0.39, 0.29) is 0 Å². The zero-order valence-corrected chi connectivity index (χ0v) is 10.8. The van der Waals surface area contributed by atoms with E-state index in [0.29, 0.717) is 0 Å². The predicted octanol–water partition coefficient (Wildman–Crippen LogP) is 3.93. The fraction of sp³-hybridized carbons (Fsp3) is 1.00. The average Bonchev–Trinajstić information content (AvgIpc) is 2.15. The second-order valence-corrected chi connectivity index (χ2v) is 4.71. The number of unbranched alkanes of at least 4 members (excludes halogenated alkanes) is 1. The maximum atomic E-state index is 2.69. The number of hydrogen-bond donors (Lipinski definition) is 0.